The predicted octanol–water partition coefficient (Wildman–Crippen LogP) is 1.16. The summed E-state index contributed by atoms with van der Waals surface area (Å²) in [6, 6.07) is 5.74. The smallest absolute Gasteiger partial charge is 0.223 e. The van der Waals surface area contributed by atoms with Gasteiger partial charge in [0.1, 0.15) is 11.3 Å². The minimum absolute atomic E-state index is 0.306. The van der Waals surface area contributed by atoms with Crippen molar-refractivity contribution in [1.82, 2.24) is 34.3 Å². The fourth-order valence-corrected chi connectivity index (χ4v) is 3.71. The maximum absolute atomic E-state index is 6.11. The maximum Gasteiger partial charge on any atom is 0.223 e. The molecule has 0 amide bonds. The topological polar surface area (TPSA) is 99.4 Å². The normalized spacial score (nSPS) is 14.3. The standard InChI is InChI=1S/C18H20N8O/c1-24-13-10-25(9-11(13)8-20-24)7-6-15-21-17-12-4-3-5-14(27-2)16(12)22-18(19)26(17)23-15/h3-5,8H,6-7,9-10H2,1-2H3,(H2,19,22). The zero-order valence-electron chi connectivity index (χ0n) is 15.3. The Balaban J connectivity index is 1.43. The summed E-state index contributed by atoms with van der Waals surface area (Å²) in [5.74, 6) is 1.74. The van der Waals surface area contributed by atoms with Gasteiger partial charge in [0.2, 0.25) is 5.95 Å². The molecule has 0 saturated carbocycles. The summed E-state index contributed by atoms with van der Waals surface area (Å²) >= 11 is 0. The molecule has 0 unspecified atom stereocenters. The monoisotopic (exact) mass is 364 g/mol. The summed E-state index contributed by atoms with van der Waals surface area (Å²) in [6.07, 6.45) is 2.69. The van der Waals surface area contributed by atoms with E-state index < -0.39 is 0 Å². The minimum atomic E-state index is 0.306. The van der Waals surface area contributed by atoms with Crippen LogP contribution in [0.15, 0.2) is 24.4 Å². The average molecular weight is 364 g/mol. The molecule has 0 spiro atoms. The predicted molar refractivity (Wildman–Crippen MR) is 100 cm³/mol. The van der Waals surface area contributed by atoms with Gasteiger partial charge >= 0.3 is 0 Å². The molecule has 27 heavy (non-hydrogen) atoms. The van der Waals surface area contributed by atoms with Gasteiger partial charge in [0.15, 0.2) is 11.5 Å². The van der Waals surface area contributed by atoms with Gasteiger partial charge in [0.25, 0.3) is 0 Å². The van der Waals surface area contributed by atoms with Crippen LogP contribution in [0.4, 0.5) is 5.95 Å². The molecular weight excluding hydrogens is 344 g/mol. The van der Waals surface area contributed by atoms with Gasteiger partial charge < -0.3 is 10.5 Å². The number of benzene rings is 1. The van der Waals surface area contributed by atoms with E-state index in [0.29, 0.717) is 22.9 Å². The SMILES string of the molecule is COc1cccc2c1nc(N)n1nc(CCN3Cc4cnn(C)c4C3)nc21. The van der Waals surface area contributed by atoms with Crippen molar-refractivity contribution in [3.8, 4) is 5.75 Å². The second-order valence-corrected chi connectivity index (χ2v) is 6.79. The molecule has 1 aromatic carbocycles. The van der Waals surface area contributed by atoms with Crippen LogP contribution in [0, 0.1) is 0 Å². The highest BCUT2D eigenvalue weighted by atomic mass is 16.5. The van der Waals surface area contributed by atoms with E-state index in [1.165, 1.54) is 11.3 Å². The summed E-state index contributed by atoms with van der Waals surface area (Å²) in [4.78, 5) is 11.5. The van der Waals surface area contributed by atoms with E-state index in [1.54, 1.807) is 11.6 Å². The number of anilines is 1. The van der Waals surface area contributed by atoms with Gasteiger partial charge in [0.05, 0.1) is 19.0 Å². The number of rotatable bonds is 4. The first-order chi connectivity index (χ1) is 13.1. The zero-order valence-corrected chi connectivity index (χ0v) is 15.3. The van der Waals surface area contributed by atoms with Crippen molar-refractivity contribution < 1.29 is 4.74 Å². The van der Waals surface area contributed by atoms with Gasteiger partial charge in [-0.1, -0.05) is 6.07 Å². The summed E-state index contributed by atoms with van der Waals surface area (Å²) in [7, 11) is 3.61. The van der Waals surface area contributed by atoms with E-state index in [1.807, 2.05) is 36.1 Å². The van der Waals surface area contributed by atoms with Crippen LogP contribution >= 0.6 is 0 Å². The molecule has 138 valence electrons. The number of aryl methyl sites for hydroxylation is 1. The number of hydrogen-bond donors (Lipinski definition) is 1. The van der Waals surface area contributed by atoms with Crippen molar-refractivity contribution in [2.75, 3.05) is 19.4 Å². The molecule has 4 aromatic rings. The molecule has 1 aliphatic heterocycles. The molecule has 0 radical (unpaired) electrons. The van der Waals surface area contributed by atoms with Crippen LogP contribution in [0.25, 0.3) is 16.6 Å². The van der Waals surface area contributed by atoms with Gasteiger partial charge in [-0.2, -0.15) is 9.61 Å². The van der Waals surface area contributed by atoms with Crippen molar-refractivity contribution in [3.05, 3.63) is 41.5 Å². The molecule has 5 rings (SSSR count). The third kappa shape index (κ3) is 2.50. The Hall–Kier alpha value is -3.20. The van der Waals surface area contributed by atoms with Crippen molar-refractivity contribution in [2.24, 2.45) is 7.05 Å². The first-order valence-corrected chi connectivity index (χ1v) is 8.84. The highest BCUT2D eigenvalue weighted by molar-refractivity contribution is 5.95. The van der Waals surface area contributed by atoms with Crippen LogP contribution in [0.3, 0.4) is 0 Å². The van der Waals surface area contributed by atoms with Gasteiger partial charge in [0, 0.05) is 44.1 Å². The zero-order chi connectivity index (χ0) is 18.5. The van der Waals surface area contributed by atoms with Crippen molar-refractivity contribution in [1.29, 1.82) is 0 Å². The molecule has 3 aromatic heterocycles. The fraction of sp³-hybridized carbons (Fsp3) is 0.333. The number of ether oxygens (including phenoxy) is 1. The molecule has 4 heterocycles. The number of methoxy groups -OCH3 is 1. The first-order valence-electron chi connectivity index (χ1n) is 8.84. The maximum atomic E-state index is 6.11. The Morgan fingerprint density at radius 2 is 2.11 bits per heavy atom. The number of hydrogen-bond acceptors (Lipinski definition) is 7. The van der Waals surface area contributed by atoms with Crippen LogP contribution in [-0.2, 0) is 26.6 Å². The molecular formula is C18H20N8O. The molecule has 0 saturated heterocycles. The van der Waals surface area contributed by atoms with Gasteiger partial charge in [-0.25, -0.2) is 9.97 Å². The quantitative estimate of drug-likeness (QED) is 0.580. The van der Waals surface area contributed by atoms with Gasteiger partial charge in [-0.05, 0) is 12.1 Å². The molecule has 9 nitrogen and oxygen atoms in total. The Morgan fingerprint density at radius 3 is 2.93 bits per heavy atom. The minimum Gasteiger partial charge on any atom is -0.494 e. The molecule has 0 bridgehead atoms. The Bertz CT molecular complexity index is 1160. The number of para-hydroxylation sites is 1. The number of nitrogen functional groups attached to an aromatic ring is 1. The molecule has 0 aliphatic carbocycles. The van der Waals surface area contributed by atoms with E-state index in [0.717, 1.165) is 37.3 Å². The van der Waals surface area contributed by atoms with Crippen molar-refractivity contribution in [2.45, 2.75) is 19.5 Å². The average Bonchev–Trinajstić information content (AvgIpc) is 3.36. The number of fused-ring (bicyclic) bond motifs is 4. The van der Waals surface area contributed by atoms with E-state index in [9.17, 15) is 0 Å². The van der Waals surface area contributed by atoms with Crippen LogP contribution < -0.4 is 10.5 Å². The number of nitrogens with two attached hydrogens (primary N) is 1. The lowest BCUT2D eigenvalue weighted by molar-refractivity contribution is 0.279. The summed E-state index contributed by atoms with van der Waals surface area (Å²) < 4.78 is 8.96. The van der Waals surface area contributed by atoms with Crippen LogP contribution in [0.1, 0.15) is 17.1 Å². The van der Waals surface area contributed by atoms with Crippen LogP contribution in [0.5, 0.6) is 5.75 Å². The second-order valence-electron chi connectivity index (χ2n) is 6.79. The Kier molecular flexibility index (Phi) is 3.51. The molecule has 0 fully saturated rings. The summed E-state index contributed by atoms with van der Waals surface area (Å²) in [5, 5.41) is 9.75. The molecule has 1 aliphatic rings. The third-order valence-electron chi connectivity index (χ3n) is 5.12. The Labute approximate surface area is 155 Å². The molecule has 2 N–H and O–H groups in total. The third-order valence-corrected chi connectivity index (χ3v) is 5.12. The van der Waals surface area contributed by atoms with E-state index >= 15 is 0 Å². The number of aromatic nitrogens is 6. The van der Waals surface area contributed by atoms with Gasteiger partial charge in [-0.15, -0.1) is 5.10 Å². The van der Waals surface area contributed by atoms with Crippen molar-refractivity contribution in [3.63, 3.8) is 0 Å². The van der Waals surface area contributed by atoms with Crippen LogP contribution in [0.2, 0.25) is 0 Å². The van der Waals surface area contributed by atoms with E-state index in [4.69, 9.17) is 15.5 Å². The summed E-state index contributed by atoms with van der Waals surface area (Å²) in [6.45, 7) is 2.70. The number of nitrogens with zero attached hydrogens (tertiary/aromatic N) is 7. The second kappa shape index (κ2) is 5.92. The first kappa shape index (κ1) is 16.0. The lowest BCUT2D eigenvalue weighted by Gasteiger charge is -2.13. The van der Waals surface area contributed by atoms with E-state index in [-0.39, 0.29) is 0 Å². The van der Waals surface area contributed by atoms with Crippen LogP contribution in [-0.4, -0.2) is 47.9 Å². The lowest BCUT2D eigenvalue weighted by Crippen LogP contribution is -2.21. The Morgan fingerprint density at radius 1 is 1.22 bits per heavy atom. The van der Waals surface area contributed by atoms with Crippen molar-refractivity contribution >= 4 is 22.5 Å². The summed E-state index contributed by atoms with van der Waals surface area (Å²) in [5.41, 5.74) is 10.1. The molecule has 0 atom stereocenters. The van der Waals surface area contributed by atoms with E-state index in [2.05, 4.69) is 20.1 Å². The lowest BCUT2D eigenvalue weighted by atomic mass is 10.2. The molecule has 9 heteroatoms. The fourth-order valence-electron chi connectivity index (χ4n) is 3.71. The highest BCUT2D eigenvalue weighted by Gasteiger charge is 2.22. The largest absolute Gasteiger partial charge is 0.494 e. The highest BCUT2D eigenvalue weighted by Crippen LogP contribution is 2.27. The van der Waals surface area contributed by atoms with Gasteiger partial charge in [-0.3, -0.25) is 9.58 Å².